The number of esters is 1. The number of carbonyl (C=O) groups excluding carboxylic acids is 1. The normalized spacial score (nSPS) is 11.9. The monoisotopic (exact) mass is 354 g/mol. The molecule has 0 bridgehead atoms. The zero-order chi connectivity index (χ0) is 12.0. The molecule has 0 fully saturated rings. The number of benzene rings is 1. The molecule has 0 saturated heterocycles. The fourth-order valence-electron chi connectivity index (χ4n) is 1.06. The summed E-state index contributed by atoms with van der Waals surface area (Å²) < 4.78 is 10.2. The second kappa shape index (κ2) is 6.96. The Morgan fingerprint density at radius 3 is 2.56 bits per heavy atom. The van der Waals surface area contributed by atoms with Crippen molar-refractivity contribution in [2.75, 3.05) is 13.2 Å². The van der Waals surface area contributed by atoms with Gasteiger partial charge in [-0.15, -0.1) is 11.6 Å². The lowest BCUT2D eigenvalue weighted by atomic mass is 10.2. The lowest BCUT2D eigenvalue weighted by molar-refractivity contribution is 0.0526. The van der Waals surface area contributed by atoms with Gasteiger partial charge in [0.2, 0.25) is 0 Å². The van der Waals surface area contributed by atoms with Crippen molar-refractivity contribution in [1.29, 1.82) is 0 Å². The van der Waals surface area contributed by atoms with Crippen LogP contribution in [0.1, 0.15) is 17.3 Å². The number of hydrogen-bond donors (Lipinski definition) is 0. The molecule has 0 aliphatic heterocycles. The lowest BCUT2D eigenvalue weighted by Gasteiger charge is -2.07. The molecule has 0 aliphatic rings. The number of alkyl halides is 2. The molecular weight excluding hydrogens is 342 g/mol. The summed E-state index contributed by atoms with van der Waals surface area (Å²) in [5.74, 6) is 0.369. The summed E-state index contributed by atoms with van der Waals surface area (Å²) in [6, 6.07) is 6.79. The van der Waals surface area contributed by atoms with Gasteiger partial charge in [0.25, 0.3) is 0 Å². The van der Waals surface area contributed by atoms with Crippen molar-refractivity contribution < 1.29 is 14.3 Å². The Morgan fingerprint density at radius 1 is 1.44 bits per heavy atom. The minimum absolute atomic E-state index is 0.0673. The van der Waals surface area contributed by atoms with Gasteiger partial charge in [0.15, 0.2) is 0 Å². The Hall–Kier alpha value is -0.490. The van der Waals surface area contributed by atoms with E-state index in [1.54, 1.807) is 31.2 Å². The van der Waals surface area contributed by atoms with Gasteiger partial charge in [0.05, 0.1) is 12.2 Å². The van der Waals surface area contributed by atoms with Crippen molar-refractivity contribution in [3.05, 3.63) is 29.8 Å². The van der Waals surface area contributed by atoms with Gasteiger partial charge in [-0.25, -0.2) is 4.79 Å². The van der Waals surface area contributed by atoms with E-state index in [0.29, 0.717) is 24.5 Å². The highest BCUT2D eigenvalue weighted by molar-refractivity contribution is 14.1. The molecule has 0 amide bonds. The first-order valence-electron chi connectivity index (χ1n) is 4.81. The van der Waals surface area contributed by atoms with Crippen LogP contribution in [0.5, 0.6) is 5.75 Å². The summed E-state index contributed by atoms with van der Waals surface area (Å²) in [5.41, 5.74) is 0.520. The number of hydrogen-bond acceptors (Lipinski definition) is 3. The van der Waals surface area contributed by atoms with E-state index in [4.69, 9.17) is 21.1 Å². The summed E-state index contributed by atoms with van der Waals surface area (Å²) in [4.78, 5) is 11.3. The van der Waals surface area contributed by atoms with Crippen molar-refractivity contribution in [2.24, 2.45) is 0 Å². The topological polar surface area (TPSA) is 35.5 Å². The molecule has 0 aliphatic carbocycles. The molecule has 1 unspecified atom stereocenters. The smallest absolute Gasteiger partial charge is 0.338 e. The van der Waals surface area contributed by atoms with Gasteiger partial charge in [0.1, 0.15) is 15.7 Å². The third-order valence-corrected chi connectivity index (χ3v) is 2.23. The predicted octanol–water partition coefficient (Wildman–Crippen LogP) is 3.24. The summed E-state index contributed by atoms with van der Waals surface area (Å²) in [6.45, 7) is 2.58. The highest BCUT2D eigenvalue weighted by atomic mass is 127. The SMILES string of the molecule is CCOC(=O)c1ccc(OCC(Cl)I)cc1. The molecule has 0 heterocycles. The van der Waals surface area contributed by atoms with Crippen molar-refractivity contribution in [1.82, 2.24) is 0 Å². The Kier molecular flexibility index (Phi) is 5.90. The molecule has 0 aromatic heterocycles. The molecule has 1 atom stereocenters. The van der Waals surface area contributed by atoms with Crippen molar-refractivity contribution >= 4 is 40.2 Å². The van der Waals surface area contributed by atoms with Gasteiger partial charge in [-0.3, -0.25) is 0 Å². The van der Waals surface area contributed by atoms with E-state index in [1.165, 1.54) is 0 Å². The first-order valence-corrected chi connectivity index (χ1v) is 6.49. The maximum absolute atomic E-state index is 11.3. The quantitative estimate of drug-likeness (QED) is 0.463. The van der Waals surface area contributed by atoms with E-state index in [-0.39, 0.29) is 9.35 Å². The van der Waals surface area contributed by atoms with Crippen molar-refractivity contribution in [3.63, 3.8) is 0 Å². The van der Waals surface area contributed by atoms with Gasteiger partial charge in [0, 0.05) is 0 Å². The van der Waals surface area contributed by atoms with Gasteiger partial charge < -0.3 is 9.47 Å². The maximum atomic E-state index is 11.3. The van der Waals surface area contributed by atoms with Crippen molar-refractivity contribution in [3.8, 4) is 5.75 Å². The maximum Gasteiger partial charge on any atom is 0.338 e. The molecule has 16 heavy (non-hydrogen) atoms. The van der Waals surface area contributed by atoms with Crippen LogP contribution < -0.4 is 4.74 Å². The van der Waals surface area contributed by atoms with Crippen LogP contribution in [-0.2, 0) is 4.74 Å². The Balaban J connectivity index is 2.57. The highest BCUT2D eigenvalue weighted by Gasteiger charge is 2.06. The van der Waals surface area contributed by atoms with Crippen LogP contribution in [0.4, 0.5) is 0 Å². The molecule has 5 heteroatoms. The van der Waals surface area contributed by atoms with Crippen LogP contribution in [0.3, 0.4) is 0 Å². The first kappa shape index (κ1) is 13.6. The van der Waals surface area contributed by atoms with E-state index in [9.17, 15) is 4.79 Å². The van der Waals surface area contributed by atoms with Gasteiger partial charge in [-0.1, -0.05) is 22.6 Å². The van der Waals surface area contributed by atoms with Crippen LogP contribution in [0.15, 0.2) is 24.3 Å². The minimum Gasteiger partial charge on any atom is -0.491 e. The van der Waals surface area contributed by atoms with E-state index in [2.05, 4.69) is 22.6 Å². The zero-order valence-corrected chi connectivity index (χ0v) is 11.7. The number of rotatable bonds is 5. The molecule has 88 valence electrons. The average molecular weight is 355 g/mol. The van der Waals surface area contributed by atoms with Crippen LogP contribution in [-0.4, -0.2) is 22.6 Å². The summed E-state index contributed by atoms with van der Waals surface area (Å²) in [6.07, 6.45) is 0. The van der Waals surface area contributed by atoms with Crippen LogP contribution in [0.25, 0.3) is 0 Å². The fourth-order valence-corrected chi connectivity index (χ4v) is 1.30. The van der Waals surface area contributed by atoms with Gasteiger partial charge >= 0.3 is 5.97 Å². The predicted molar refractivity (Wildman–Crippen MR) is 71.6 cm³/mol. The number of carbonyl (C=O) groups is 1. The first-order chi connectivity index (χ1) is 7.63. The van der Waals surface area contributed by atoms with Crippen LogP contribution in [0.2, 0.25) is 0 Å². The standard InChI is InChI=1S/C11H12ClIO3/c1-2-15-11(14)8-3-5-9(6-4-8)16-7-10(12)13/h3-6,10H,2,7H2,1H3. The summed E-state index contributed by atoms with van der Waals surface area (Å²) >= 11 is 7.80. The Morgan fingerprint density at radius 2 is 2.06 bits per heavy atom. The van der Waals surface area contributed by atoms with Crippen molar-refractivity contribution in [2.45, 2.75) is 10.3 Å². The highest BCUT2D eigenvalue weighted by Crippen LogP contribution is 2.15. The zero-order valence-electron chi connectivity index (χ0n) is 8.78. The number of ether oxygens (including phenoxy) is 2. The summed E-state index contributed by atoms with van der Waals surface area (Å²) in [5, 5.41) is 0. The molecule has 3 nitrogen and oxygen atoms in total. The van der Waals surface area contributed by atoms with E-state index >= 15 is 0 Å². The molecule has 0 N–H and O–H groups in total. The summed E-state index contributed by atoms with van der Waals surface area (Å²) in [7, 11) is 0. The fraction of sp³-hybridized carbons (Fsp3) is 0.364. The third kappa shape index (κ3) is 4.57. The Labute approximate surface area is 113 Å². The lowest BCUT2D eigenvalue weighted by Crippen LogP contribution is -2.06. The third-order valence-electron chi connectivity index (χ3n) is 1.74. The van der Waals surface area contributed by atoms with E-state index in [1.807, 2.05) is 0 Å². The second-order valence-electron chi connectivity index (χ2n) is 2.95. The van der Waals surface area contributed by atoms with Crippen LogP contribution >= 0.6 is 34.2 Å². The largest absolute Gasteiger partial charge is 0.491 e. The van der Waals surface area contributed by atoms with Gasteiger partial charge in [-0.2, -0.15) is 0 Å². The molecule has 0 radical (unpaired) electrons. The van der Waals surface area contributed by atoms with E-state index in [0.717, 1.165) is 0 Å². The molecule has 0 saturated carbocycles. The second-order valence-corrected chi connectivity index (χ2v) is 5.71. The van der Waals surface area contributed by atoms with Crippen LogP contribution in [0, 0.1) is 0 Å². The Bertz CT molecular complexity index is 338. The molecular formula is C11H12ClIO3. The van der Waals surface area contributed by atoms with Gasteiger partial charge in [-0.05, 0) is 31.2 Å². The minimum atomic E-state index is -0.321. The van der Waals surface area contributed by atoms with E-state index < -0.39 is 0 Å². The molecule has 1 rings (SSSR count). The number of halogens is 2. The molecule has 1 aromatic rings. The molecule has 0 spiro atoms. The average Bonchev–Trinajstić information content (AvgIpc) is 2.27. The molecule has 1 aromatic carbocycles.